The van der Waals surface area contributed by atoms with Gasteiger partial charge in [0.25, 0.3) is 0 Å². The van der Waals surface area contributed by atoms with Crippen LogP contribution in [0.15, 0.2) is 12.3 Å². The van der Waals surface area contributed by atoms with Crippen LogP contribution in [0.25, 0.3) is 0 Å². The molecular weight excluding hydrogens is 275 g/mol. The van der Waals surface area contributed by atoms with Crippen molar-refractivity contribution in [1.82, 2.24) is 9.97 Å². The molecule has 0 aliphatic carbocycles. The Bertz CT molecular complexity index is 292. The van der Waals surface area contributed by atoms with Crippen LogP contribution in [0.1, 0.15) is 10.5 Å². The predicted octanol–water partition coefficient (Wildman–Crippen LogP) is 0.946. The lowest BCUT2D eigenvalue weighted by Gasteiger charge is -1.98. The van der Waals surface area contributed by atoms with E-state index in [-0.39, 0.29) is 11.7 Å². The highest BCUT2D eigenvalue weighted by atomic mass is 127. The molecule has 0 unspecified atom stereocenters. The van der Waals surface area contributed by atoms with E-state index in [2.05, 4.69) is 9.97 Å². The van der Waals surface area contributed by atoms with Gasteiger partial charge in [-0.05, 0) is 28.7 Å². The summed E-state index contributed by atoms with van der Waals surface area (Å²) in [5.41, 5.74) is -0.0650. The number of hydrogen-bond donors (Lipinski definition) is 1. The van der Waals surface area contributed by atoms with Crippen LogP contribution in [0.2, 0.25) is 0 Å². The number of carbonyl (C=O) groups is 1. The number of rotatable bonds is 3. The van der Waals surface area contributed by atoms with Gasteiger partial charge < -0.3 is 9.84 Å². The normalized spacial score (nSPS) is 9.42. The molecule has 1 aromatic rings. The Morgan fingerprint density at radius 1 is 1.75 bits per heavy atom. The van der Waals surface area contributed by atoms with E-state index in [1.54, 1.807) is 0 Å². The molecule has 0 fully saturated rings. The average molecular weight is 280 g/mol. The Hall–Kier alpha value is -0.920. The maximum atomic E-state index is 10.4. The molecule has 0 saturated heterocycles. The first-order valence-corrected chi connectivity index (χ1v) is 4.51. The lowest BCUT2D eigenvalue weighted by molar-refractivity contribution is 0.0689. The van der Waals surface area contributed by atoms with Crippen molar-refractivity contribution in [3.8, 4) is 6.01 Å². The van der Waals surface area contributed by atoms with E-state index in [1.807, 2.05) is 22.6 Å². The van der Waals surface area contributed by atoms with Crippen LogP contribution in [-0.2, 0) is 0 Å². The molecule has 0 aliphatic rings. The van der Waals surface area contributed by atoms with E-state index in [0.29, 0.717) is 4.61 Å². The van der Waals surface area contributed by atoms with Crippen molar-refractivity contribution in [3.63, 3.8) is 0 Å². The molecule has 6 heteroatoms. The topological polar surface area (TPSA) is 72.3 Å². The molecule has 0 saturated carbocycles. The number of hydrogen-bond acceptors (Lipinski definition) is 4. The first kappa shape index (κ1) is 9.17. The zero-order chi connectivity index (χ0) is 8.97. The minimum atomic E-state index is -1.09. The summed E-state index contributed by atoms with van der Waals surface area (Å²) in [6.07, 6.45) is 1.35. The summed E-state index contributed by atoms with van der Waals surface area (Å²) < 4.78 is 5.29. The zero-order valence-corrected chi connectivity index (χ0v) is 8.06. The number of halogens is 1. The van der Waals surface area contributed by atoms with Gasteiger partial charge in [-0.1, -0.05) is 0 Å². The van der Waals surface area contributed by atoms with Gasteiger partial charge in [-0.15, -0.1) is 0 Å². The first-order chi connectivity index (χ1) is 5.74. The molecule has 64 valence electrons. The van der Waals surface area contributed by atoms with Gasteiger partial charge in [0.2, 0.25) is 0 Å². The van der Waals surface area contributed by atoms with E-state index >= 15 is 0 Å². The van der Waals surface area contributed by atoms with Gasteiger partial charge in [0.15, 0.2) is 5.69 Å². The van der Waals surface area contributed by atoms with Crippen LogP contribution in [0.4, 0.5) is 0 Å². The average Bonchev–Trinajstić information content (AvgIpc) is 2.05. The first-order valence-electron chi connectivity index (χ1n) is 2.99. The summed E-state index contributed by atoms with van der Waals surface area (Å²) >= 11 is 1.97. The maximum absolute atomic E-state index is 10.4. The smallest absolute Gasteiger partial charge is 0.354 e. The lowest BCUT2D eigenvalue weighted by atomic mass is 10.4. The highest BCUT2D eigenvalue weighted by molar-refractivity contribution is 14.1. The summed E-state index contributed by atoms with van der Waals surface area (Å²) in [7, 11) is 0. The van der Waals surface area contributed by atoms with Gasteiger partial charge in [-0.2, -0.15) is 4.98 Å². The van der Waals surface area contributed by atoms with E-state index in [9.17, 15) is 4.79 Å². The van der Waals surface area contributed by atoms with Crippen LogP contribution in [0, 0.1) is 0 Å². The molecule has 1 rings (SSSR count). The van der Waals surface area contributed by atoms with Gasteiger partial charge >= 0.3 is 12.0 Å². The molecule has 5 nitrogen and oxygen atoms in total. The van der Waals surface area contributed by atoms with E-state index in [4.69, 9.17) is 9.84 Å². The number of alkyl halides is 1. The molecule has 1 aromatic heterocycles. The molecule has 0 radical (unpaired) electrons. The Balaban J connectivity index is 2.88. The third-order valence-electron chi connectivity index (χ3n) is 1.04. The number of aromatic carboxylic acids is 1. The van der Waals surface area contributed by atoms with Crippen molar-refractivity contribution in [3.05, 3.63) is 18.0 Å². The highest BCUT2D eigenvalue weighted by Gasteiger charge is 2.05. The van der Waals surface area contributed by atoms with Crippen LogP contribution >= 0.6 is 22.6 Å². The van der Waals surface area contributed by atoms with Crippen LogP contribution in [-0.4, -0.2) is 25.7 Å². The molecule has 0 aromatic carbocycles. The van der Waals surface area contributed by atoms with Crippen LogP contribution in [0.5, 0.6) is 6.01 Å². The molecular formula is C6H5IN2O3. The van der Waals surface area contributed by atoms with Crippen molar-refractivity contribution >= 4 is 28.6 Å². The van der Waals surface area contributed by atoms with Crippen LogP contribution in [0.3, 0.4) is 0 Å². The largest absolute Gasteiger partial charge is 0.477 e. The third-order valence-corrected chi connectivity index (χ3v) is 1.35. The Labute approximate surface area is 81.9 Å². The molecule has 1 N–H and O–H groups in total. The van der Waals surface area contributed by atoms with Gasteiger partial charge in [-0.25, -0.2) is 9.78 Å². The second kappa shape index (κ2) is 4.19. The Morgan fingerprint density at radius 3 is 3.08 bits per heavy atom. The molecule has 0 spiro atoms. The number of carboxylic acids is 1. The fourth-order valence-electron chi connectivity index (χ4n) is 0.578. The number of nitrogens with zero attached hydrogens (tertiary/aromatic N) is 2. The molecule has 0 amide bonds. The minimum Gasteiger partial charge on any atom is -0.477 e. The van der Waals surface area contributed by atoms with Gasteiger partial charge in [-0.3, -0.25) is 0 Å². The molecule has 0 bridgehead atoms. The number of aromatic nitrogens is 2. The number of carboxylic acid groups (broad SMARTS) is 1. The lowest BCUT2D eigenvalue weighted by Crippen LogP contribution is -2.03. The monoisotopic (exact) mass is 280 g/mol. The summed E-state index contributed by atoms with van der Waals surface area (Å²) in [6, 6.07) is 1.40. The predicted molar refractivity (Wildman–Crippen MR) is 48.5 cm³/mol. The Kier molecular flexibility index (Phi) is 3.20. The number of ether oxygens (including phenoxy) is 1. The summed E-state index contributed by atoms with van der Waals surface area (Å²) in [4.78, 5) is 17.7. The van der Waals surface area contributed by atoms with E-state index < -0.39 is 5.97 Å². The van der Waals surface area contributed by atoms with Gasteiger partial charge in [0.1, 0.15) is 4.61 Å². The second-order valence-electron chi connectivity index (χ2n) is 1.78. The van der Waals surface area contributed by atoms with Crippen molar-refractivity contribution < 1.29 is 14.6 Å². The highest BCUT2D eigenvalue weighted by Crippen LogP contribution is 2.03. The third kappa shape index (κ3) is 2.29. The van der Waals surface area contributed by atoms with Crippen molar-refractivity contribution in [2.75, 3.05) is 4.61 Å². The molecule has 0 aliphatic heterocycles. The van der Waals surface area contributed by atoms with E-state index in [1.165, 1.54) is 12.3 Å². The molecule has 0 atom stereocenters. The van der Waals surface area contributed by atoms with Crippen molar-refractivity contribution in [1.29, 1.82) is 0 Å². The minimum absolute atomic E-state index is 0.0650. The fourth-order valence-corrected chi connectivity index (χ4v) is 0.857. The Morgan fingerprint density at radius 2 is 2.50 bits per heavy atom. The van der Waals surface area contributed by atoms with Crippen molar-refractivity contribution in [2.45, 2.75) is 0 Å². The van der Waals surface area contributed by atoms with Crippen molar-refractivity contribution in [2.24, 2.45) is 0 Å². The molecule has 1 heterocycles. The standard InChI is InChI=1S/C6H5IN2O3/c7-3-12-6-8-2-1-4(9-6)5(10)11/h1-2H,3H2,(H,10,11). The quantitative estimate of drug-likeness (QED) is 0.659. The summed E-state index contributed by atoms with van der Waals surface area (Å²) in [6.45, 7) is 0. The second-order valence-corrected chi connectivity index (χ2v) is 2.41. The maximum Gasteiger partial charge on any atom is 0.354 e. The fraction of sp³-hybridized carbons (Fsp3) is 0.167. The van der Waals surface area contributed by atoms with Gasteiger partial charge in [0.05, 0.1) is 0 Å². The van der Waals surface area contributed by atoms with E-state index in [0.717, 1.165) is 0 Å². The SMILES string of the molecule is O=C(O)c1ccnc(OCI)n1. The summed E-state index contributed by atoms with van der Waals surface area (Å²) in [5.74, 6) is -1.09. The summed E-state index contributed by atoms with van der Waals surface area (Å²) in [5, 5.41) is 8.53. The zero-order valence-electron chi connectivity index (χ0n) is 5.90. The molecule has 12 heavy (non-hydrogen) atoms. The van der Waals surface area contributed by atoms with Crippen LogP contribution < -0.4 is 4.74 Å². The van der Waals surface area contributed by atoms with Gasteiger partial charge in [0, 0.05) is 6.20 Å².